The monoisotopic (exact) mass is 290 g/mol. The molecule has 0 saturated heterocycles. The van der Waals surface area contributed by atoms with E-state index in [1.54, 1.807) is 6.33 Å². The van der Waals surface area contributed by atoms with E-state index in [9.17, 15) is 5.11 Å². The van der Waals surface area contributed by atoms with Crippen molar-refractivity contribution in [3.8, 4) is 5.75 Å². The first kappa shape index (κ1) is 15.5. The summed E-state index contributed by atoms with van der Waals surface area (Å²) in [6.07, 6.45) is 1.08. The van der Waals surface area contributed by atoms with Crippen LogP contribution in [0.2, 0.25) is 0 Å². The van der Waals surface area contributed by atoms with Crippen molar-refractivity contribution in [1.29, 1.82) is 0 Å². The van der Waals surface area contributed by atoms with Crippen molar-refractivity contribution >= 4 is 0 Å². The molecule has 2 N–H and O–H groups in total. The largest absolute Gasteiger partial charge is 0.491 e. The third-order valence-electron chi connectivity index (χ3n) is 3.23. The maximum atomic E-state index is 9.92. The summed E-state index contributed by atoms with van der Waals surface area (Å²) in [6, 6.07) is 6.00. The van der Waals surface area contributed by atoms with Crippen molar-refractivity contribution in [2.24, 2.45) is 7.05 Å². The van der Waals surface area contributed by atoms with E-state index in [-0.39, 0.29) is 6.61 Å². The number of aliphatic hydroxyl groups is 1. The lowest BCUT2D eigenvalue weighted by atomic mass is 10.1. The summed E-state index contributed by atoms with van der Waals surface area (Å²) in [6.45, 7) is 5.31. The fourth-order valence-corrected chi connectivity index (χ4v) is 2.02. The highest BCUT2D eigenvalue weighted by atomic mass is 16.5. The Kier molecular flexibility index (Phi) is 5.30. The summed E-state index contributed by atoms with van der Waals surface area (Å²) in [5, 5.41) is 20.8. The molecule has 0 spiro atoms. The SMILES string of the molecule is Cc1ccc(OCC(O)CNCc2nncn2C)c(C)c1. The molecule has 0 amide bonds. The van der Waals surface area contributed by atoms with E-state index in [2.05, 4.69) is 21.6 Å². The molecule has 2 rings (SSSR count). The van der Waals surface area contributed by atoms with Gasteiger partial charge in [-0.2, -0.15) is 0 Å². The minimum absolute atomic E-state index is 0.260. The van der Waals surface area contributed by atoms with E-state index >= 15 is 0 Å². The topological polar surface area (TPSA) is 72.2 Å². The quantitative estimate of drug-likeness (QED) is 0.795. The number of rotatable bonds is 7. The van der Waals surface area contributed by atoms with Gasteiger partial charge in [0.05, 0.1) is 6.54 Å². The Morgan fingerprint density at radius 3 is 2.86 bits per heavy atom. The van der Waals surface area contributed by atoms with Crippen LogP contribution in [-0.2, 0) is 13.6 Å². The van der Waals surface area contributed by atoms with Crippen LogP contribution in [0.15, 0.2) is 24.5 Å². The van der Waals surface area contributed by atoms with E-state index in [0.29, 0.717) is 13.1 Å². The number of aryl methyl sites for hydroxylation is 3. The van der Waals surface area contributed by atoms with Gasteiger partial charge in [0.15, 0.2) is 0 Å². The lowest BCUT2D eigenvalue weighted by Crippen LogP contribution is -2.31. The number of aliphatic hydroxyl groups excluding tert-OH is 1. The summed E-state index contributed by atoms with van der Waals surface area (Å²) < 4.78 is 7.48. The lowest BCUT2D eigenvalue weighted by molar-refractivity contribution is 0.105. The summed E-state index contributed by atoms with van der Waals surface area (Å²) in [5.74, 6) is 1.64. The zero-order chi connectivity index (χ0) is 15.2. The Morgan fingerprint density at radius 1 is 1.38 bits per heavy atom. The molecule has 1 unspecified atom stereocenters. The van der Waals surface area contributed by atoms with Gasteiger partial charge in [0.1, 0.15) is 30.6 Å². The van der Waals surface area contributed by atoms with Gasteiger partial charge in [-0.05, 0) is 25.5 Å². The van der Waals surface area contributed by atoms with Crippen molar-refractivity contribution in [3.63, 3.8) is 0 Å². The molecular formula is C15H22N4O2. The van der Waals surface area contributed by atoms with Crippen LogP contribution in [-0.4, -0.2) is 39.1 Å². The third-order valence-corrected chi connectivity index (χ3v) is 3.23. The van der Waals surface area contributed by atoms with Crippen LogP contribution < -0.4 is 10.1 Å². The van der Waals surface area contributed by atoms with Crippen molar-refractivity contribution in [1.82, 2.24) is 20.1 Å². The summed E-state index contributed by atoms with van der Waals surface area (Å²) in [4.78, 5) is 0. The average Bonchev–Trinajstić information content (AvgIpc) is 2.83. The molecular weight excluding hydrogens is 268 g/mol. The fraction of sp³-hybridized carbons (Fsp3) is 0.467. The highest BCUT2D eigenvalue weighted by Gasteiger charge is 2.07. The smallest absolute Gasteiger partial charge is 0.146 e. The van der Waals surface area contributed by atoms with Crippen LogP contribution in [0.4, 0.5) is 0 Å². The summed E-state index contributed by atoms with van der Waals surface area (Å²) in [5.41, 5.74) is 2.28. The molecule has 6 nitrogen and oxygen atoms in total. The van der Waals surface area contributed by atoms with E-state index in [4.69, 9.17) is 4.74 Å². The van der Waals surface area contributed by atoms with E-state index in [1.165, 1.54) is 5.56 Å². The second kappa shape index (κ2) is 7.19. The molecule has 21 heavy (non-hydrogen) atoms. The Balaban J connectivity index is 1.72. The number of ether oxygens (including phenoxy) is 1. The Labute approximate surface area is 124 Å². The van der Waals surface area contributed by atoms with Crippen LogP contribution >= 0.6 is 0 Å². The van der Waals surface area contributed by atoms with Crippen molar-refractivity contribution in [2.45, 2.75) is 26.5 Å². The first-order valence-electron chi connectivity index (χ1n) is 6.98. The predicted molar refractivity (Wildman–Crippen MR) is 80.1 cm³/mol. The third kappa shape index (κ3) is 4.54. The Hall–Kier alpha value is -1.92. The van der Waals surface area contributed by atoms with E-state index in [0.717, 1.165) is 17.1 Å². The number of aromatic nitrogens is 3. The number of hydrogen-bond donors (Lipinski definition) is 2. The van der Waals surface area contributed by atoms with Gasteiger partial charge in [0.25, 0.3) is 0 Å². The maximum absolute atomic E-state index is 9.92. The minimum atomic E-state index is -0.570. The molecule has 6 heteroatoms. The maximum Gasteiger partial charge on any atom is 0.146 e. The average molecular weight is 290 g/mol. The molecule has 1 aromatic carbocycles. The van der Waals surface area contributed by atoms with Crippen LogP contribution in [0, 0.1) is 13.8 Å². The zero-order valence-electron chi connectivity index (χ0n) is 12.7. The van der Waals surface area contributed by atoms with E-state index < -0.39 is 6.10 Å². The minimum Gasteiger partial charge on any atom is -0.491 e. The highest BCUT2D eigenvalue weighted by molar-refractivity contribution is 5.35. The standard InChI is InChI=1S/C15H22N4O2/c1-11-4-5-14(12(2)6-11)21-9-13(20)7-16-8-15-18-17-10-19(15)3/h4-6,10,13,16,20H,7-9H2,1-3H3. The molecule has 0 fully saturated rings. The molecule has 0 saturated carbocycles. The van der Waals surface area contributed by atoms with Crippen LogP contribution in [0.25, 0.3) is 0 Å². The number of nitrogens with one attached hydrogen (secondary N) is 1. The molecule has 2 aromatic rings. The van der Waals surface area contributed by atoms with Gasteiger partial charge in [-0.25, -0.2) is 0 Å². The fourth-order valence-electron chi connectivity index (χ4n) is 2.02. The Bertz CT molecular complexity index is 583. The molecule has 0 bridgehead atoms. The predicted octanol–water partition coefficient (Wildman–Crippen LogP) is 0.961. The molecule has 1 atom stereocenters. The number of nitrogens with zero attached hydrogens (tertiary/aromatic N) is 3. The molecule has 0 radical (unpaired) electrons. The van der Waals surface area contributed by atoms with Crippen molar-refractivity contribution < 1.29 is 9.84 Å². The second-order valence-corrected chi connectivity index (χ2v) is 5.22. The van der Waals surface area contributed by atoms with Crippen molar-refractivity contribution in [3.05, 3.63) is 41.5 Å². The Morgan fingerprint density at radius 2 is 2.19 bits per heavy atom. The molecule has 1 heterocycles. The van der Waals surface area contributed by atoms with Gasteiger partial charge in [-0.15, -0.1) is 10.2 Å². The first-order valence-corrected chi connectivity index (χ1v) is 6.98. The lowest BCUT2D eigenvalue weighted by Gasteiger charge is -2.14. The summed E-state index contributed by atoms with van der Waals surface area (Å²) >= 11 is 0. The highest BCUT2D eigenvalue weighted by Crippen LogP contribution is 2.18. The van der Waals surface area contributed by atoms with Gasteiger partial charge < -0.3 is 19.7 Å². The molecule has 0 aliphatic rings. The van der Waals surface area contributed by atoms with E-state index in [1.807, 2.05) is 37.6 Å². The van der Waals surface area contributed by atoms with Crippen molar-refractivity contribution in [2.75, 3.05) is 13.2 Å². The summed E-state index contributed by atoms with van der Waals surface area (Å²) in [7, 11) is 1.89. The van der Waals surface area contributed by atoms with Gasteiger partial charge in [0.2, 0.25) is 0 Å². The van der Waals surface area contributed by atoms with Crippen LogP contribution in [0.1, 0.15) is 17.0 Å². The number of benzene rings is 1. The van der Waals surface area contributed by atoms with Gasteiger partial charge in [-0.1, -0.05) is 17.7 Å². The van der Waals surface area contributed by atoms with Crippen LogP contribution in [0.3, 0.4) is 0 Å². The van der Waals surface area contributed by atoms with Gasteiger partial charge in [0, 0.05) is 13.6 Å². The van der Waals surface area contributed by atoms with Gasteiger partial charge in [-0.3, -0.25) is 0 Å². The zero-order valence-corrected chi connectivity index (χ0v) is 12.7. The molecule has 114 valence electrons. The second-order valence-electron chi connectivity index (χ2n) is 5.22. The molecule has 0 aliphatic heterocycles. The van der Waals surface area contributed by atoms with Gasteiger partial charge >= 0.3 is 0 Å². The van der Waals surface area contributed by atoms with Crippen LogP contribution in [0.5, 0.6) is 5.75 Å². The number of hydrogen-bond acceptors (Lipinski definition) is 5. The molecule has 0 aliphatic carbocycles. The normalized spacial score (nSPS) is 12.4. The first-order chi connectivity index (χ1) is 10.1. The molecule has 1 aromatic heterocycles.